The third kappa shape index (κ3) is 8.08. The van der Waals surface area contributed by atoms with Crippen molar-refractivity contribution < 1.29 is 29.0 Å². The average molecular weight is 393 g/mol. The first-order valence-electron chi connectivity index (χ1n) is 9.31. The van der Waals surface area contributed by atoms with E-state index in [1.807, 2.05) is 13.8 Å². The van der Waals surface area contributed by atoms with Gasteiger partial charge in [-0.1, -0.05) is 26.0 Å². The van der Waals surface area contributed by atoms with Crippen molar-refractivity contribution >= 4 is 17.8 Å². The number of hydrogen-bond acceptors (Lipinski definition) is 6. The van der Waals surface area contributed by atoms with Crippen LogP contribution >= 0.6 is 0 Å². The predicted octanol–water partition coefficient (Wildman–Crippen LogP) is 2.25. The predicted molar refractivity (Wildman–Crippen MR) is 105 cm³/mol. The third-order valence-corrected chi connectivity index (χ3v) is 3.83. The summed E-state index contributed by atoms with van der Waals surface area (Å²) in [6.07, 6.45) is -0.729. The van der Waals surface area contributed by atoms with Crippen LogP contribution in [0.5, 0.6) is 0 Å². The molecule has 0 saturated heterocycles. The number of nitrogens with one attached hydrogen (secondary N) is 1. The fourth-order valence-corrected chi connectivity index (χ4v) is 2.51. The van der Waals surface area contributed by atoms with Crippen LogP contribution in [0, 0.1) is 5.92 Å². The molecule has 0 unspecified atom stereocenters. The number of carbonyl (C=O) groups excluding carboxylic acids is 3. The topological polar surface area (TPSA) is 102 Å². The summed E-state index contributed by atoms with van der Waals surface area (Å²) in [6.45, 7) is 9.14. The van der Waals surface area contributed by atoms with Crippen molar-refractivity contribution in [2.24, 2.45) is 5.92 Å². The molecule has 7 heteroatoms. The number of esters is 2. The maximum absolute atomic E-state index is 12.1. The summed E-state index contributed by atoms with van der Waals surface area (Å²) in [5.41, 5.74) is 0.526. The molecule has 0 saturated carbocycles. The van der Waals surface area contributed by atoms with Crippen LogP contribution in [0.15, 0.2) is 24.3 Å². The number of hydrogen-bond donors (Lipinski definition) is 2. The van der Waals surface area contributed by atoms with Gasteiger partial charge in [0.05, 0.1) is 12.7 Å². The molecular formula is C21H31NO6. The highest BCUT2D eigenvalue weighted by atomic mass is 16.6. The van der Waals surface area contributed by atoms with Gasteiger partial charge in [0.2, 0.25) is 5.91 Å². The van der Waals surface area contributed by atoms with Crippen molar-refractivity contribution in [1.82, 2.24) is 5.32 Å². The molecule has 0 aliphatic heterocycles. The molecule has 0 aromatic heterocycles. The lowest BCUT2D eigenvalue weighted by Crippen LogP contribution is -2.47. The van der Waals surface area contributed by atoms with E-state index in [1.54, 1.807) is 45.0 Å². The first kappa shape index (κ1) is 23.6. The highest BCUT2D eigenvalue weighted by molar-refractivity contribution is 5.90. The minimum Gasteiger partial charge on any atom is -0.467 e. The average Bonchev–Trinajstić information content (AvgIpc) is 2.58. The first-order chi connectivity index (χ1) is 12.9. The molecule has 0 aliphatic carbocycles. The molecule has 0 bridgehead atoms. The molecule has 1 aromatic carbocycles. The van der Waals surface area contributed by atoms with Crippen molar-refractivity contribution in [3.63, 3.8) is 0 Å². The normalized spacial score (nSPS) is 13.6. The van der Waals surface area contributed by atoms with Gasteiger partial charge in [-0.15, -0.1) is 0 Å². The Bertz CT molecular complexity index is 675. The molecule has 0 fully saturated rings. The van der Waals surface area contributed by atoms with E-state index in [0.717, 1.165) is 5.56 Å². The number of aliphatic hydroxyl groups excluding tert-OH is 1. The van der Waals surface area contributed by atoms with Gasteiger partial charge in [0, 0.05) is 6.42 Å². The van der Waals surface area contributed by atoms with Crippen LogP contribution in [-0.4, -0.2) is 47.8 Å². The number of rotatable bonds is 8. The maximum Gasteiger partial charge on any atom is 0.338 e. The molecule has 0 radical (unpaired) electrons. The van der Waals surface area contributed by atoms with Crippen molar-refractivity contribution in [1.29, 1.82) is 0 Å². The van der Waals surface area contributed by atoms with Crippen LogP contribution in [0.1, 0.15) is 57.0 Å². The minimum atomic E-state index is -1.19. The largest absolute Gasteiger partial charge is 0.467 e. The highest BCUT2D eigenvalue weighted by Crippen LogP contribution is 2.14. The lowest BCUT2D eigenvalue weighted by molar-refractivity contribution is -0.146. The first-order valence-corrected chi connectivity index (χ1v) is 9.31. The van der Waals surface area contributed by atoms with Gasteiger partial charge in [-0.25, -0.2) is 9.59 Å². The molecule has 7 nitrogen and oxygen atoms in total. The van der Waals surface area contributed by atoms with Gasteiger partial charge < -0.3 is 19.9 Å². The Morgan fingerprint density at radius 3 is 2.14 bits per heavy atom. The van der Waals surface area contributed by atoms with Gasteiger partial charge in [-0.3, -0.25) is 4.79 Å². The van der Waals surface area contributed by atoms with E-state index >= 15 is 0 Å². The van der Waals surface area contributed by atoms with Crippen molar-refractivity contribution in [2.45, 2.75) is 65.2 Å². The zero-order valence-corrected chi connectivity index (χ0v) is 17.4. The summed E-state index contributed by atoms with van der Waals surface area (Å²) < 4.78 is 10.1. The number of carbonyl (C=O) groups is 3. The number of ether oxygens (including phenoxy) is 2. The molecule has 28 heavy (non-hydrogen) atoms. The second-order valence-corrected chi connectivity index (χ2v) is 8.13. The Morgan fingerprint density at radius 2 is 1.68 bits per heavy atom. The molecule has 0 heterocycles. The van der Waals surface area contributed by atoms with E-state index in [0.29, 0.717) is 12.0 Å². The van der Waals surface area contributed by atoms with Crippen LogP contribution in [0.3, 0.4) is 0 Å². The van der Waals surface area contributed by atoms with Crippen LogP contribution in [0.25, 0.3) is 0 Å². The van der Waals surface area contributed by atoms with Crippen molar-refractivity contribution in [2.75, 3.05) is 7.11 Å². The van der Waals surface area contributed by atoms with E-state index in [4.69, 9.17) is 9.47 Å². The number of benzene rings is 1. The molecule has 2 atom stereocenters. The van der Waals surface area contributed by atoms with Crippen LogP contribution in [0.4, 0.5) is 0 Å². The smallest absolute Gasteiger partial charge is 0.338 e. The van der Waals surface area contributed by atoms with E-state index in [1.165, 1.54) is 7.11 Å². The number of aliphatic hydroxyl groups is 1. The van der Waals surface area contributed by atoms with Crippen molar-refractivity contribution in [3.8, 4) is 0 Å². The maximum atomic E-state index is 12.1. The van der Waals surface area contributed by atoms with E-state index < -0.39 is 35.6 Å². The Kier molecular flexibility index (Phi) is 8.63. The van der Waals surface area contributed by atoms with Gasteiger partial charge in [0.1, 0.15) is 17.7 Å². The Balaban J connectivity index is 2.83. The van der Waals surface area contributed by atoms with Gasteiger partial charge >= 0.3 is 11.9 Å². The molecule has 0 aliphatic rings. The number of methoxy groups -OCH3 is 1. The zero-order chi connectivity index (χ0) is 21.5. The van der Waals surface area contributed by atoms with Crippen LogP contribution < -0.4 is 5.32 Å². The second-order valence-electron chi connectivity index (χ2n) is 8.13. The minimum absolute atomic E-state index is 0.137. The van der Waals surface area contributed by atoms with E-state index in [-0.39, 0.29) is 12.3 Å². The Morgan fingerprint density at radius 1 is 1.11 bits per heavy atom. The van der Waals surface area contributed by atoms with Gasteiger partial charge in [-0.05, 0) is 50.8 Å². The fraction of sp³-hybridized carbons (Fsp3) is 0.571. The zero-order valence-electron chi connectivity index (χ0n) is 17.4. The Labute approximate surface area is 166 Å². The summed E-state index contributed by atoms with van der Waals surface area (Å²) >= 11 is 0. The summed E-state index contributed by atoms with van der Waals surface area (Å²) in [7, 11) is 1.23. The molecule has 156 valence electrons. The molecule has 1 rings (SSSR count). The summed E-state index contributed by atoms with van der Waals surface area (Å²) in [4.78, 5) is 36.3. The highest BCUT2D eigenvalue weighted by Gasteiger charge is 2.26. The van der Waals surface area contributed by atoms with E-state index in [2.05, 4.69) is 5.32 Å². The molecule has 1 aromatic rings. The SMILES string of the molecule is COC(=O)[C@H](Cc1ccc(C(=O)OC(C)(C)C)cc1)NC(=O)[C@@H](O)CC(C)C. The number of amides is 1. The second kappa shape index (κ2) is 10.2. The monoisotopic (exact) mass is 393 g/mol. The van der Waals surface area contributed by atoms with E-state index in [9.17, 15) is 19.5 Å². The van der Waals surface area contributed by atoms with Gasteiger partial charge in [0.25, 0.3) is 0 Å². The molecule has 0 spiro atoms. The Hall–Kier alpha value is -2.41. The lowest BCUT2D eigenvalue weighted by Gasteiger charge is -2.20. The van der Waals surface area contributed by atoms with Crippen molar-refractivity contribution in [3.05, 3.63) is 35.4 Å². The molecule has 1 amide bonds. The standard InChI is InChI=1S/C21H31NO6/c1-13(2)11-17(23)18(24)22-16(20(26)27-6)12-14-7-9-15(10-8-14)19(25)28-21(3,4)5/h7-10,13,16-17,23H,11-12H2,1-6H3,(H,22,24)/t16-,17-/m0/s1. The molecule has 2 N–H and O–H groups in total. The van der Waals surface area contributed by atoms with Gasteiger partial charge in [-0.2, -0.15) is 0 Å². The summed E-state index contributed by atoms with van der Waals surface area (Å²) in [5.74, 6) is -1.53. The quantitative estimate of drug-likeness (QED) is 0.657. The van der Waals surface area contributed by atoms with Crippen LogP contribution in [-0.2, 0) is 25.5 Å². The molecular weight excluding hydrogens is 362 g/mol. The summed E-state index contributed by atoms with van der Waals surface area (Å²) in [6, 6.07) is 5.64. The lowest BCUT2D eigenvalue weighted by atomic mass is 10.0. The third-order valence-electron chi connectivity index (χ3n) is 3.83. The fourth-order valence-electron chi connectivity index (χ4n) is 2.51. The van der Waals surface area contributed by atoms with Crippen LogP contribution in [0.2, 0.25) is 0 Å². The summed E-state index contributed by atoms with van der Waals surface area (Å²) in [5, 5.41) is 12.5. The van der Waals surface area contributed by atoms with Gasteiger partial charge in [0.15, 0.2) is 0 Å².